The molecule has 0 bridgehead atoms. The third kappa shape index (κ3) is 6.06. The molecular weight excluding hydrogens is 476 g/mol. The lowest BCUT2D eigenvalue weighted by molar-refractivity contribution is -0.119. The van der Waals surface area contributed by atoms with Crippen molar-refractivity contribution in [1.29, 1.82) is 0 Å². The quantitative estimate of drug-likeness (QED) is 0.399. The van der Waals surface area contributed by atoms with Gasteiger partial charge in [-0.15, -0.1) is 0 Å². The van der Waals surface area contributed by atoms with E-state index in [-0.39, 0.29) is 17.3 Å². The van der Waals surface area contributed by atoms with E-state index in [1.54, 1.807) is 54.4 Å². The van der Waals surface area contributed by atoms with Crippen molar-refractivity contribution in [2.75, 3.05) is 36.4 Å². The molecule has 2 aromatic carbocycles. The van der Waals surface area contributed by atoms with Crippen molar-refractivity contribution in [2.24, 2.45) is 0 Å². The summed E-state index contributed by atoms with van der Waals surface area (Å²) < 4.78 is 44.4. The zero-order valence-corrected chi connectivity index (χ0v) is 20.1. The van der Waals surface area contributed by atoms with Crippen LogP contribution in [0.15, 0.2) is 76.2 Å². The van der Waals surface area contributed by atoms with Gasteiger partial charge in [0.15, 0.2) is 11.5 Å². The molecule has 10 heteroatoms. The van der Waals surface area contributed by atoms with Crippen LogP contribution in [-0.4, -0.2) is 46.4 Å². The zero-order valence-electron chi connectivity index (χ0n) is 18.5. The van der Waals surface area contributed by atoms with Gasteiger partial charge >= 0.3 is 0 Å². The topological polar surface area (TPSA) is 98.1 Å². The van der Waals surface area contributed by atoms with E-state index >= 15 is 0 Å². The minimum absolute atomic E-state index is 0.104. The largest absolute Gasteiger partial charge is 0.486 e. The fraction of sp³-hybridized carbons (Fsp3) is 0.292. The van der Waals surface area contributed by atoms with Gasteiger partial charge in [0.05, 0.1) is 22.6 Å². The Bertz CT molecular complexity index is 1180. The van der Waals surface area contributed by atoms with E-state index in [4.69, 9.17) is 13.9 Å². The van der Waals surface area contributed by atoms with Gasteiger partial charge in [0.25, 0.3) is 10.0 Å². The maximum Gasteiger partial charge on any atom is 0.264 e. The summed E-state index contributed by atoms with van der Waals surface area (Å²) in [4.78, 5) is 12.8. The molecule has 0 aliphatic carbocycles. The van der Waals surface area contributed by atoms with E-state index in [2.05, 4.69) is 5.32 Å². The number of thioether (sulfide) groups is 1. The summed E-state index contributed by atoms with van der Waals surface area (Å²) in [7, 11) is -3.98. The highest BCUT2D eigenvalue weighted by Crippen LogP contribution is 2.35. The van der Waals surface area contributed by atoms with Gasteiger partial charge < -0.3 is 19.2 Å². The minimum atomic E-state index is -3.98. The van der Waals surface area contributed by atoms with Gasteiger partial charge in [-0.3, -0.25) is 9.10 Å². The molecule has 4 rings (SSSR count). The summed E-state index contributed by atoms with van der Waals surface area (Å²) in [6.45, 7) is 0.904. The number of sulfonamides is 1. The molecule has 0 saturated carbocycles. The number of fused-ring (bicyclic) bond motifs is 1. The Hall–Kier alpha value is -3.11. The highest BCUT2D eigenvalue weighted by atomic mass is 32.2. The van der Waals surface area contributed by atoms with E-state index in [1.165, 1.54) is 12.1 Å². The molecule has 0 saturated heterocycles. The van der Waals surface area contributed by atoms with Crippen LogP contribution in [0.1, 0.15) is 12.2 Å². The second-order valence-corrected chi connectivity index (χ2v) is 10.5. The number of ether oxygens (including phenoxy) is 2. The van der Waals surface area contributed by atoms with Gasteiger partial charge in [-0.05, 0) is 48.6 Å². The smallest absolute Gasteiger partial charge is 0.264 e. The van der Waals surface area contributed by atoms with Gasteiger partial charge in [0.1, 0.15) is 25.5 Å². The summed E-state index contributed by atoms with van der Waals surface area (Å²) in [6, 6.07) is 16.7. The van der Waals surface area contributed by atoms with Crippen LogP contribution in [0.4, 0.5) is 5.69 Å². The molecule has 2 heterocycles. The number of hydrogen-bond donors (Lipinski definition) is 1. The molecule has 0 spiro atoms. The first kappa shape index (κ1) is 24.0. The van der Waals surface area contributed by atoms with Gasteiger partial charge in [-0.1, -0.05) is 18.2 Å². The van der Waals surface area contributed by atoms with E-state index in [0.717, 1.165) is 28.0 Å². The van der Waals surface area contributed by atoms with Crippen LogP contribution in [0, 0.1) is 0 Å². The van der Waals surface area contributed by atoms with E-state index < -0.39 is 10.0 Å². The van der Waals surface area contributed by atoms with Crippen molar-refractivity contribution in [1.82, 2.24) is 5.32 Å². The number of nitrogens with zero attached hydrogens (tertiary/aromatic N) is 1. The Labute approximate surface area is 203 Å². The van der Waals surface area contributed by atoms with E-state index in [9.17, 15) is 13.2 Å². The van der Waals surface area contributed by atoms with Gasteiger partial charge in [-0.25, -0.2) is 8.42 Å². The number of carbonyl (C=O) groups excluding carboxylic acids is 1. The summed E-state index contributed by atoms with van der Waals surface area (Å²) in [5, 5.41) is 2.82. The summed E-state index contributed by atoms with van der Waals surface area (Å²) in [6.07, 6.45) is 2.40. The predicted molar refractivity (Wildman–Crippen MR) is 131 cm³/mol. The molecule has 1 aromatic heterocycles. The summed E-state index contributed by atoms with van der Waals surface area (Å²) in [5.41, 5.74) is 0.331. The number of benzene rings is 2. The first-order valence-electron chi connectivity index (χ1n) is 10.9. The predicted octanol–water partition coefficient (Wildman–Crippen LogP) is 3.69. The Balaban J connectivity index is 1.41. The van der Waals surface area contributed by atoms with Crippen molar-refractivity contribution in [3.63, 3.8) is 0 Å². The van der Waals surface area contributed by atoms with Gasteiger partial charge in [-0.2, -0.15) is 11.8 Å². The molecule has 0 unspecified atom stereocenters. The Morgan fingerprint density at radius 2 is 1.79 bits per heavy atom. The van der Waals surface area contributed by atoms with Crippen molar-refractivity contribution in [2.45, 2.75) is 17.1 Å². The van der Waals surface area contributed by atoms with E-state index in [0.29, 0.717) is 36.9 Å². The highest BCUT2D eigenvalue weighted by molar-refractivity contribution is 7.98. The molecule has 34 heavy (non-hydrogen) atoms. The Morgan fingerprint density at radius 3 is 2.56 bits per heavy atom. The first-order chi connectivity index (χ1) is 16.5. The van der Waals surface area contributed by atoms with E-state index in [1.807, 2.05) is 12.1 Å². The number of nitrogens with one attached hydrogen (secondary N) is 1. The minimum Gasteiger partial charge on any atom is -0.486 e. The molecule has 0 radical (unpaired) electrons. The fourth-order valence-corrected chi connectivity index (χ4v) is 5.67. The number of amides is 1. The molecule has 1 aliphatic rings. The second kappa shape index (κ2) is 11.3. The van der Waals surface area contributed by atoms with Crippen LogP contribution in [-0.2, 0) is 20.6 Å². The zero-order chi connectivity index (χ0) is 23.8. The highest BCUT2D eigenvalue weighted by Gasteiger charge is 2.28. The van der Waals surface area contributed by atoms with Crippen LogP contribution in [0.5, 0.6) is 11.5 Å². The van der Waals surface area contributed by atoms with Crippen LogP contribution in [0.25, 0.3) is 0 Å². The van der Waals surface area contributed by atoms with Crippen LogP contribution in [0.2, 0.25) is 0 Å². The third-order valence-electron chi connectivity index (χ3n) is 5.04. The monoisotopic (exact) mass is 502 g/mol. The van der Waals surface area contributed by atoms with Gasteiger partial charge in [0.2, 0.25) is 5.91 Å². The molecule has 3 aromatic rings. The fourth-order valence-electron chi connectivity index (χ4n) is 3.38. The first-order valence-corrected chi connectivity index (χ1v) is 13.5. The maximum atomic E-state index is 13.4. The maximum absolute atomic E-state index is 13.4. The number of furan rings is 1. The average Bonchev–Trinajstić information content (AvgIpc) is 3.38. The normalized spacial score (nSPS) is 12.8. The summed E-state index contributed by atoms with van der Waals surface area (Å²) in [5.74, 6) is 3.14. The number of rotatable bonds is 11. The van der Waals surface area contributed by atoms with Crippen molar-refractivity contribution in [3.8, 4) is 11.5 Å². The number of hydrogen-bond acceptors (Lipinski definition) is 7. The van der Waals surface area contributed by atoms with Crippen LogP contribution < -0.4 is 19.1 Å². The Morgan fingerprint density at radius 1 is 1.00 bits per heavy atom. The third-order valence-corrected chi connectivity index (χ3v) is 7.90. The average molecular weight is 503 g/mol. The lowest BCUT2D eigenvalue weighted by atomic mass is 10.2. The Kier molecular flexibility index (Phi) is 8.02. The molecule has 180 valence electrons. The lowest BCUT2D eigenvalue weighted by Gasteiger charge is -2.26. The lowest BCUT2D eigenvalue weighted by Crippen LogP contribution is -2.41. The van der Waals surface area contributed by atoms with Crippen molar-refractivity contribution < 1.29 is 27.1 Å². The molecule has 1 aliphatic heterocycles. The van der Waals surface area contributed by atoms with Crippen LogP contribution in [0.3, 0.4) is 0 Å². The number of anilines is 1. The number of carbonyl (C=O) groups is 1. The van der Waals surface area contributed by atoms with Crippen LogP contribution >= 0.6 is 11.8 Å². The van der Waals surface area contributed by atoms with Gasteiger partial charge in [0, 0.05) is 12.6 Å². The standard InChI is InChI=1S/C24H26N2O6S2/c27-24(25-11-5-15-33-18-20-6-4-12-30-20)17-26(34(28,29)21-7-2-1-3-8-21)19-9-10-22-23(16-19)32-14-13-31-22/h1-4,6-10,12,16H,5,11,13-15,17-18H2,(H,25,27). The summed E-state index contributed by atoms with van der Waals surface area (Å²) >= 11 is 1.71. The second-order valence-electron chi connectivity index (χ2n) is 7.49. The SMILES string of the molecule is O=C(CN(c1ccc2c(c1)OCCO2)S(=O)(=O)c1ccccc1)NCCCSCc1ccco1. The molecule has 0 atom stereocenters. The molecule has 1 N–H and O–H groups in total. The molecule has 1 amide bonds. The molecule has 0 fully saturated rings. The van der Waals surface area contributed by atoms with Crippen molar-refractivity contribution in [3.05, 3.63) is 72.7 Å². The van der Waals surface area contributed by atoms with Crippen molar-refractivity contribution >= 4 is 33.4 Å². The molecular formula is C24H26N2O6S2. The molecule has 8 nitrogen and oxygen atoms in total.